The number of carboxylic acid groups (broad SMARTS) is 1. The Morgan fingerprint density at radius 2 is 1.93 bits per heavy atom. The van der Waals surface area contributed by atoms with Crippen molar-refractivity contribution < 1.29 is 18.5 Å². The first-order valence-electron chi connectivity index (χ1n) is 10.2. The molecule has 4 atom stereocenters. The largest absolute Gasteiger partial charge is 0.465 e. The van der Waals surface area contributed by atoms with Crippen molar-refractivity contribution in [1.29, 1.82) is 0 Å². The summed E-state index contributed by atoms with van der Waals surface area (Å²) in [5.74, 6) is -0.301. The lowest BCUT2D eigenvalue weighted by Gasteiger charge is -2.51. The molecule has 1 heterocycles. The van der Waals surface area contributed by atoms with Gasteiger partial charge in [0.05, 0.1) is 21.8 Å². The minimum atomic E-state index is -1.32. The monoisotopic (exact) mass is 424 g/mol. The van der Waals surface area contributed by atoms with Gasteiger partial charge in [-0.05, 0) is 74.1 Å². The Hall–Kier alpha value is -1.47. The second-order valence-electron chi connectivity index (χ2n) is 10.6. The first kappa shape index (κ1) is 22.2. The lowest BCUT2D eigenvalue weighted by atomic mass is 9.66. The molecule has 2 N–H and O–H groups in total. The van der Waals surface area contributed by atoms with Crippen LogP contribution in [0.25, 0.3) is 0 Å². The maximum atomic E-state index is 14.1. The zero-order valence-electron chi connectivity index (χ0n) is 18.2. The van der Waals surface area contributed by atoms with Crippen molar-refractivity contribution >= 4 is 17.1 Å². The second kappa shape index (κ2) is 7.34. The molecule has 2 aliphatic rings. The van der Waals surface area contributed by atoms with E-state index in [1.807, 2.05) is 26.8 Å². The fourth-order valence-corrected chi connectivity index (χ4v) is 5.75. The third-order valence-corrected chi connectivity index (χ3v) is 7.99. The van der Waals surface area contributed by atoms with Crippen molar-refractivity contribution in [1.82, 2.24) is 9.62 Å². The van der Waals surface area contributed by atoms with Crippen LogP contribution in [-0.2, 0) is 17.4 Å². The maximum absolute atomic E-state index is 14.1. The van der Waals surface area contributed by atoms with E-state index in [0.717, 1.165) is 17.5 Å². The zero-order valence-corrected chi connectivity index (χ0v) is 19.0. The van der Waals surface area contributed by atoms with Crippen molar-refractivity contribution in [3.8, 4) is 0 Å². The molecule has 7 heteroatoms. The van der Waals surface area contributed by atoms with Crippen LogP contribution in [0.4, 0.5) is 9.18 Å². The summed E-state index contributed by atoms with van der Waals surface area (Å²) in [5, 5.41) is 9.74. The van der Waals surface area contributed by atoms with Crippen molar-refractivity contribution in [3.05, 3.63) is 35.1 Å². The smallest absolute Gasteiger partial charge is 0.407 e. The lowest BCUT2D eigenvalue weighted by molar-refractivity contribution is -0.00497. The van der Waals surface area contributed by atoms with Crippen LogP contribution in [0.2, 0.25) is 0 Å². The van der Waals surface area contributed by atoms with Gasteiger partial charge in [0.25, 0.3) is 0 Å². The zero-order chi connectivity index (χ0) is 21.8. The van der Waals surface area contributed by atoms with E-state index in [9.17, 15) is 18.5 Å². The van der Waals surface area contributed by atoms with Crippen molar-refractivity contribution in [3.63, 3.8) is 0 Å². The summed E-state index contributed by atoms with van der Waals surface area (Å²) in [6.07, 6.45) is 1.14. The van der Waals surface area contributed by atoms with Gasteiger partial charge in [-0.1, -0.05) is 26.8 Å². The van der Waals surface area contributed by atoms with Gasteiger partial charge in [-0.3, -0.25) is 0 Å². The van der Waals surface area contributed by atoms with E-state index < -0.39 is 21.8 Å². The van der Waals surface area contributed by atoms with E-state index in [0.29, 0.717) is 19.4 Å². The van der Waals surface area contributed by atoms with E-state index in [1.54, 1.807) is 11.0 Å². The van der Waals surface area contributed by atoms with Crippen LogP contribution in [-0.4, -0.2) is 37.6 Å². The molecule has 1 saturated heterocycles. The summed E-state index contributed by atoms with van der Waals surface area (Å²) >= 11 is 0. The van der Waals surface area contributed by atoms with Crippen LogP contribution in [0.3, 0.4) is 0 Å². The second-order valence-corrected chi connectivity index (χ2v) is 12.6. The Kier molecular flexibility index (Phi) is 5.63. The molecule has 1 aliphatic heterocycles. The number of benzene rings is 1. The number of carbonyl (C=O) groups is 1. The minimum absolute atomic E-state index is 0.166. The number of piperidine rings is 1. The average molecular weight is 425 g/mol. The van der Waals surface area contributed by atoms with Crippen molar-refractivity contribution in [2.75, 3.05) is 6.54 Å². The quantitative estimate of drug-likeness (QED) is 0.726. The highest BCUT2D eigenvalue weighted by Gasteiger charge is 2.53. The summed E-state index contributed by atoms with van der Waals surface area (Å²) in [6.45, 7) is 12.3. The number of fused-ring (bicyclic) bond motifs is 1. The van der Waals surface area contributed by atoms with Gasteiger partial charge in [0.2, 0.25) is 0 Å². The molecule has 1 spiro atoms. The van der Waals surface area contributed by atoms with E-state index in [-0.39, 0.29) is 28.7 Å². The molecule has 162 valence electrons. The molecule has 1 aromatic carbocycles. The maximum Gasteiger partial charge on any atom is 0.407 e. The molecule has 1 aromatic rings. The molecular weight excluding hydrogens is 391 g/mol. The molecule has 1 fully saturated rings. The van der Waals surface area contributed by atoms with Crippen LogP contribution in [0, 0.1) is 16.6 Å². The predicted molar refractivity (Wildman–Crippen MR) is 114 cm³/mol. The Morgan fingerprint density at radius 3 is 2.48 bits per heavy atom. The van der Waals surface area contributed by atoms with Crippen LogP contribution in [0.15, 0.2) is 18.2 Å². The third kappa shape index (κ3) is 4.22. The van der Waals surface area contributed by atoms with Crippen LogP contribution in [0.5, 0.6) is 0 Å². The van der Waals surface area contributed by atoms with E-state index in [4.69, 9.17) is 0 Å². The number of hydrogen-bond acceptors (Lipinski definition) is 2. The van der Waals surface area contributed by atoms with Crippen molar-refractivity contribution in [2.24, 2.45) is 10.8 Å². The number of nitrogens with one attached hydrogen (secondary N) is 1. The van der Waals surface area contributed by atoms with Gasteiger partial charge in [-0.2, -0.15) is 0 Å². The Morgan fingerprint density at radius 1 is 1.28 bits per heavy atom. The number of likely N-dealkylation sites (tertiary alicyclic amines) is 1. The Bertz CT molecular complexity index is 830. The molecule has 29 heavy (non-hydrogen) atoms. The van der Waals surface area contributed by atoms with Gasteiger partial charge in [0, 0.05) is 12.6 Å². The first-order valence-corrected chi connectivity index (χ1v) is 11.4. The van der Waals surface area contributed by atoms with Crippen LogP contribution >= 0.6 is 0 Å². The molecule has 3 rings (SSSR count). The molecule has 0 aromatic heterocycles. The van der Waals surface area contributed by atoms with Crippen LogP contribution < -0.4 is 4.72 Å². The fourth-order valence-electron chi connectivity index (χ4n) is 4.80. The third-order valence-electron chi connectivity index (χ3n) is 6.43. The molecule has 1 amide bonds. The summed E-state index contributed by atoms with van der Waals surface area (Å²) in [4.78, 5) is 13.4. The summed E-state index contributed by atoms with van der Waals surface area (Å²) in [5.41, 5.74) is 1.39. The molecule has 5 nitrogen and oxygen atoms in total. The van der Waals surface area contributed by atoms with Gasteiger partial charge in [0.15, 0.2) is 0 Å². The number of halogens is 1. The van der Waals surface area contributed by atoms with E-state index in [2.05, 4.69) is 25.5 Å². The average Bonchev–Trinajstić information content (AvgIpc) is 2.86. The summed E-state index contributed by atoms with van der Waals surface area (Å²) < 4.78 is 30.0. The van der Waals surface area contributed by atoms with Gasteiger partial charge < -0.3 is 10.0 Å². The molecular formula is C22H33FN2O3S. The number of nitrogens with zero attached hydrogens (tertiary/aromatic N) is 1. The Labute approximate surface area is 175 Å². The number of hydrogen-bond donors (Lipinski definition) is 2. The molecule has 0 saturated carbocycles. The highest BCUT2D eigenvalue weighted by atomic mass is 32.2. The highest BCUT2D eigenvalue weighted by molar-refractivity contribution is 7.84. The van der Waals surface area contributed by atoms with Crippen LogP contribution in [0.1, 0.15) is 71.6 Å². The lowest BCUT2D eigenvalue weighted by Crippen LogP contribution is -2.57. The first-order chi connectivity index (χ1) is 13.2. The Balaban J connectivity index is 2.04. The van der Waals surface area contributed by atoms with Gasteiger partial charge in [0.1, 0.15) is 5.82 Å². The molecule has 2 unspecified atom stereocenters. The van der Waals surface area contributed by atoms with E-state index in [1.165, 1.54) is 6.07 Å². The molecule has 0 bridgehead atoms. The summed E-state index contributed by atoms with van der Waals surface area (Å²) in [6, 6.07) is 4.42. The van der Waals surface area contributed by atoms with Gasteiger partial charge in [-0.25, -0.2) is 18.1 Å². The van der Waals surface area contributed by atoms with Crippen molar-refractivity contribution in [2.45, 2.75) is 77.6 Å². The minimum Gasteiger partial charge on any atom is -0.465 e. The van der Waals surface area contributed by atoms with E-state index >= 15 is 0 Å². The standard InChI is InChI=1S/C22H33FN2O3S/c1-20(2,3)17-13-22(9-10-25(17)19(26)27)12-14-7-8-15(23)11-16(14)18(22)24-29(28)21(4,5)6/h7-8,11,17-18,24H,9-10,12-13H2,1-6H3,(H,26,27)/t17-,18?,22?,29+/m0/s1. The SMILES string of the molecule is CC(C)(C)[C@@H]1CC2(CCN1C(=O)O)Cc1ccc(F)cc1C2N[S@](=O)C(C)(C)C. The highest BCUT2D eigenvalue weighted by Crippen LogP contribution is 2.55. The fraction of sp³-hybridized carbons (Fsp3) is 0.682. The van der Waals surface area contributed by atoms with Gasteiger partial charge >= 0.3 is 6.09 Å². The normalized spacial score (nSPS) is 28.4. The molecule has 0 radical (unpaired) electrons. The topological polar surface area (TPSA) is 69.6 Å². The number of amides is 1. The number of rotatable bonds is 2. The predicted octanol–water partition coefficient (Wildman–Crippen LogP) is 4.65. The summed E-state index contributed by atoms with van der Waals surface area (Å²) in [7, 11) is -1.32. The molecule has 1 aliphatic carbocycles. The van der Waals surface area contributed by atoms with Gasteiger partial charge in [-0.15, -0.1) is 0 Å².